The number of nitrogens with zero attached hydrogens (tertiary/aromatic N) is 2. The molecule has 1 aliphatic carbocycles. The van der Waals surface area contributed by atoms with Crippen LogP contribution < -0.4 is 0 Å². The fourth-order valence-corrected chi connectivity index (χ4v) is 1.81. The van der Waals surface area contributed by atoms with Gasteiger partial charge in [-0.15, -0.1) is 0 Å². The van der Waals surface area contributed by atoms with Gasteiger partial charge in [0.2, 0.25) is 0 Å². The molecule has 1 fully saturated rings. The first-order valence-corrected chi connectivity index (χ1v) is 4.72. The van der Waals surface area contributed by atoms with E-state index in [1.165, 1.54) is 18.4 Å². The molecule has 0 N–H and O–H groups in total. The maximum absolute atomic E-state index is 4.39. The average molecular weight is 172 g/mol. The van der Waals surface area contributed by atoms with Crippen LogP contribution in [-0.4, -0.2) is 9.55 Å². The minimum atomic E-state index is 0.357. The molecule has 0 atom stereocenters. The first kappa shape index (κ1) is 7.13. The van der Waals surface area contributed by atoms with Crippen LogP contribution in [0, 0.1) is 0 Å². The van der Waals surface area contributed by atoms with E-state index in [1.807, 2.05) is 12.4 Å². The molecule has 1 aromatic heterocycles. The molecule has 0 radical (unpaired) electrons. The largest absolute Gasteiger partial charge is 0.325 e. The second-order valence-corrected chi connectivity index (χ2v) is 4.10. The third kappa shape index (κ3) is 0.916. The number of para-hydroxylation sites is 2. The SMILES string of the molecule is CC1(n2cnc3ccccc32)CC1. The van der Waals surface area contributed by atoms with Crippen LogP contribution in [0.1, 0.15) is 19.8 Å². The maximum Gasteiger partial charge on any atom is 0.0963 e. The van der Waals surface area contributed by atoms with Crippen molar-refractivity contribution in [2.75, 3.05) is 0 Å². The lowest BCUT2D eigenvalue weighted by molar-refractivity contribution is 0.548. The summed E-state index contributed by atoms with van der Waals surface area (Å²) in [6.07, 6.45) is 4.54. The first-order valence-electron chi connectivity index (χ1n) is 4.72. The normalized spacial score (nSPS) is 19.2. The third-order valence-corrected chi connectivity index (χ3v) is 3.01. The number of rotatable bonds is 1. The summed E-state index contributed by atoms with van der Waals surface area (Å²) in [5.74, 6) is 0. The van der Waals surface area contributed by atoms with Crippen LogP contribution in [0.3, 0.4) is 0 Å². The van der Waals surface area contributed by atoms with E-state index in [1.54, 1.807) is 0 Å². The molecule has 0 spiro atoms. The lowest BCUT2D eigenvalue weighted by atomic mass is 10.2. The second-order valence-electron chi connectivity index (χ2n) is 4.10. The van der Waals surface area contributed by atoms with Gasteiger partial charge < -0.3 is 4.57 Å². The molecule has 2 heteroatoms. The van der Waals surface area contributed by atoms with Gasteiger partial charge in [0.25, 0.3) is 0 Å². The molecule has 1 heterocycles. The van der Waals surface area contributed by atoms with Crippen molar-refractivity contribution in [3.63, 3.8) is 0 Å². The Morgan fingerprint density at radius 2 is 2.08 bits per heavy atom. The number of hydrogen-bond donors (Lipinski definition) is 0. The molecule has 66 valence electrons. The van der Waals surface area contributed by atoms with Gasteiger partial charge >= 0.3 is 0 Å². The molecule has 0 aliphatic heterocycles. The molecular formula is C11H12N2. The van der Waals surface area contributed by atoms with Crippen LogP contribution >= 0.6 is 0 Å². The van der Waals surface area contributed by atoms with Crippen LogP contribution in [0.25, 0.3) is 11.0 Å². The van der Waals surface area contributed by atoms with Crippen LogP contribution in [-0.2, 0) is 5.54 Å². The van der Waals surface area contributed by atoms with Gasteiger partial charge in [0.15, 0.2) is 0 Å². The summed E-state index contributed by atoms with van der Waals surface area (Å²) in [6, 6.07) is 8.32. The lowest BCUT2D eigenvalue weighted by Crippen LogP contribution is -2.10. The smallest absolute Gasteiger partial charge is 0.0963 e. The Bertz CT molecular complexity index is 452. The Kier molecular flexibility index (Phi) is 1.17. The lowest BCUT2D eigenvalue weighted by Gasteiger charge is -2.10. The van der Waals surface area contributed by atoms with Gasteiger partial charge in [0.05, 0.1) is 17.4 Å². The molecular weight excluding hydrogens is 160 g/mol. The summed E-state index contributed by atoms with van der Waals surface area (Å²) in [5.41, 5.74) is 2.73. The van der Waals surface area contributed by atoms with Gasteiger partial charge in [-0.3, -0.25) is 0 Å². The number of imidazole rings is 1. The topological polar surface area (TPSA) is 17.8 Å². The van der Waals surface area contributed by atoms with Gasteiger partial charge in [0.1, 0.15) is 0 Å². The zero-order valence-corrected chi connectivity index (χ0v) is 7.70. The number of hydrogen-bond acceptors (Lipinski definition) is 1. The maximum atomic E-state index is 4.39. The highest BCUT2D eigenvalue weighted by Crippen LogP contribution is 2.44. The molecule has 0 saturated heterocycles. The molecule has 0 amide bonds. The number of fused-ring (bicyclic) bond motifs is 1. The van der Waals surface area contributed by atoms with E-state index >= 15 is 0 Å². The first-order chi connectivity index (χ1) is 6.30. The molecule has 2 aromatic rings. The minimum Gasteiger partial charge on any atom is -0.325 e. The van der Waals surface area contributed by atoms with Crippen LogP contribution in [0.4, 0.5) is 0 Å². The highest BCUT2D eigenvalue weighted by molar-refractivity contribution is 5.75. The third-order valence-electron chi connectivity index (χ3n) is 3.01. The zero-order chi connectivity index (χ0) is 8.89. The van der Waals surface area contributed by atoms with Gasteiger partial charge in [-0.25, -0.2) is 4.98 Å². The Morgan fingerprint density at radius 3 is 2.85 bits per heavy atom. The van der Waals surface area contributed by atoms with Crippen LogP contribution in [0.15, 0.2) is 30.6 Å². The summed E-state index contributed by atoms with van der Waals surface area (Å²) in [7, 11) is 0. The van der Waals surface area contributed by atoms with Crippen LogP contribution in [0.2, 0.25) is 0 Å². The molecule has 2 nitrogen and oxygen atoms in total. The second kappa shape index (κ2) is 2.13. The van der Waals surface area contributed by atoms with E-state index in [-0.39, 0.29) is 0 Å². The molecule has 1 aromatic carbocycles. The van der Waals surface area contributed by atoms with Crippen molar-refractivity contribution in [1.29, 1.82) is 0 Å². The predicted molar refractivity (Wildman–Crippen MR) is 52.6 cm³/mol. The Balaban J connectivity index is 2.30. The molecule has 1 aliphatic rings. The van der Waals surface area contributed by atoms with E-state index < -0.39 is 0 Å². The zero-order valence-electron chi connectivity index (χ0n) is 7.70. The quantitative estimate of drug-likeness (QED) is 0.646. The van der Waals surface area contributed by atoms with Crippen molar-refractivity contribution in [2.45, 2.75) is 25.3 Å². The van der Waals surface area contributed by atoms with Crippen molar-refractivity contribution in [3.05, 3.63) is 30.6 Å². The molecule has 3 rings (SSSR count). The van der Waals surface area contributed by atoms with Gasteiger partial charge in [-0.05, 0) is 31.9 Å². The van der Waals surface area contributed by atoms with Crippen molar-refractivity contribution < 1.29 is 0 Å². The van der Waals surface area contributed by atoms with Crippen LogP contribution in [0.5, 0.6) is 0 Å². The van der Waals surface area contributed by atoms with Crippen molar-refractivity contribution in [3.8, 4) is 0 Å². The standard InChI is InChI=1S/C11H12N2/c1-11(6-7-11)13-8-12-9-4-2-3-5-10(9)13/h2-5,8H,6-7H2,1H3. The number of benzene rings is 1. The highest BCUT2D eigenvalue weighted by atomic mass is 15.1. The highest BCUT2D eigenvalue weighted by Gasteiger charge is 2.39. The van der Waals surface area contributed by atoms with E-state index in [9.17, 15) is 0 Å². The van der Waals surface area contributed by atoms with Gasteiger partial charge in [0, 0.05) is 5.54 Å². The van der Waals surface area contributed by atoms with E-state index in [0.29, 0.717) is 5.54 Å². The predicted octanol–water partition coefficient (Wildman–Crippen LogP) is 2.55. The summed E-state index contributed by atoms with van der Waals surface area (Å²) < 4.78 is 2.31. The Morgan fingerprint density at radius 1 is 1.31 bits per heavy atom. The average Bonchev–Trinajstić information content (AvgIpc) is 2.76. The summed E-state index contributed by atoms with van der Waals surface area (Å²) >= 11 is 0. The van der Waals surface area contributed by atoms with E-state index in [4.69, 9.17) is 0 Å². The Hall–Kier alpha value is -1.31. The summed E-state index contributed by atoms with van der Waals surface area (Å²) in [5, 5.41) is 0. The Labute approximate surface area is 77.2 Å². The molecule has 0 unspecified atom stereocenters. The van der Waals surface area contributed by atoms with Gasteiger partial charge in [-0.1, -0.05) is 12.1 Å². The monoisotopic (exact) mass is 172 g/mol. The molecule has 1 saturated carbocycles. The fraction of sp³-hybridized carbons (Fsp3) is 0.364. The summed E-state index contributed by atoms with van der Waals surface area (Å²) in [4.78, 5) is 4.39. The molecule has 0 bridgehead atoms. The fourth-order valence-electron chi connectivity index (χ4n) is 1.81. The van der Waals surface area contributed by atoms with Crippen molar-refractivity contribution >= 4 is 11.0 Å². The van der Waals surface area contributed by atoms with Crippen molar-refractivity contribution in [1.82, 2.24) is 9.55 Å². The van der Waals surface area contributed by atoms with Gasteiger partial charge in [-0.2, -0.15) is 0 Å². The minimum absolute atomic E-state index is 0.357. The van der Waals surface area contributed by atoms with Crippen molar-refractivity contribution in [2.24, 2.45) is 0 Å². The molecule has 13 heavy (non-hydrogen) atoms. The van der Waals surface area contributed by atoms with E-state index in [0.717, 1.165) is 5.52 Å². The van der Waals surface area contributed by atoms with E-state index in [2.05, 4.69) is 34.7 Å². The number of aromatic nitrogens is 2. The summed E-state index contributed by atoms with van der Waals surface area (Å²) in [6.45, 7) is 2.29.